The Bertz CT molecular complexity index is 1180. The van der Waals surface area contributed by atoms with E-state index in [0.717, 1.165) is 48.3 Å². The molecule has 0 amide bonds. The Morgan fingerprint density at radius 1 is 0.812 bits per heavy atom. The highest BCUT2D eigenvalue weighted by Gasteiger charge is 2.60. The van der Waals surface area contributed by atoms with E-state index in [9.17, 15) is 4.79 Å². The predicted molar refractivity (Wildman–Crippen MR) is 125 cm³/mol. The van der Waals surface area contributed by atoms with Crippen molar-refractivity contribution < 1.29 is 13.6 Å². The molecule has 0 atom stereocenters. The molecular formula is C23H22N4O3S2. The summed E-state index contributed by atoms with van der Waals surface area (Å²) in [4.78, 5) is 25.5. The summed E-state index contributed by atoms with van der Waals surface area (Å²) in [7, 11) is 0. The Balaban J connectivity index is 1.49. The minimum Gasteiger partial charge on any atom is -0.463 e. The average Bonchev–Trinajstić information content (AvgIpc) is 3.47. The number of carbonyl (C=O) groups excluding carboxylic acids is 1. The van der Waals surface area contributed by atoms with Crippen molar-refractivity contribution in [2.24, 2.45) is 0 Å². The lowest BCUT2D eigenvalue weighted by molar-refractivity contribution is -0.136. The molecule has 2 aliphatic rings. The van der Waals surface area contributed by atoms with Gasteiger partial charge in [-0.05, 0) is 49.9 Å². The van der Waals surface area contributed by atoms with Gasteiger partial charge in [0.15, 0.2) is 27.6 Å². The molecule has 0 radical (unpaired) electrons. The molecule has 4 aromatic heterocycles. The van der Waals surface area contributed by atoms with E-state index in [1.165, 1.54) is 22.7 Å². The molecule has 164 valence electrons. The minimum atomic E-state index is -0.614. The fraction of sp³-hybridized carbons (Fsp3) is 0.348. The number of hydrogen-bond donors (Lipinski definition) is 2. The van der Waals surface area contributed by atoms with Gasteiger partial charge in [0.25, 0.3) is 0 Å². The van der Waals surface area contributed by atoms with Gasteiger partial charge in [-0.25, -0.2) is 9.97 Å². The lowest BCUT2D eigenvalue weighted by atomic mass is 9.52. The lowest BCUT2D eigenvalue weighted by Crippen LogP contribution is -2.55. The third-order valence-electron chi connectivity index (χ3n) is 6.95. The first-order valence-corrected chi connectivity index (χ1v) is 12.3. The van der Waals surface area contributed by atoms with E-state index in [1.54, 1.807) is 12.5 Å². The number of carbonyl (C=O) groups is 1. The SMILES string of the molecule is Nc1nc(-c2ccco2)c(C2(C(=O)C3(c4sc(N)nc4-c4ccco4)CCC3)CCC2)s1. The second kappa shape index (κ2) is 7.05. The molecule has 0 aliphatic heterocycles. The van der Waals surface area contributed by atoms with Gasteiger partial charge in [-0.15, -0.1) is 22.7 Å². The maximum atomic E-state index is 14.5. The molecule has 2 aliphatic carbocycles. The Morgan fingerprint density at radius 2 is 1.25 bits per heavy atom. The number of anilines is 2. The second-order valence-corrected chi connectivity index (χ2v) is 10.7. The first-order chi connectivity index (χ1) is 15.5. The molecule has 32 heavy (non-hydrogen) atoms. The van der Waals surface area contributed by atoms with Crippen LogP contribution in [0.4, 0.5) is 10.3 Å². The molecule has 7 nitrogen and oxygen atoms in total. The van der Waals surface area contributed by atoms with Gasteiger partial charge in [0.1, 0.15) is 11.4 Å². The summed E-state index contributed by atoms with van der Waals surface area (Å²) in [6.07, 6.45) is 8.36. The van der Waals surface area contributed by atoms with Crippen molar-refractivity contribution in [3.63, 3.8) is 0 Å². The van der Waals surface area contributed by atoms with Crippen LogP contribution in [0.2, 0.25) is 0 Å². The van der Waals surface area contributed by atoms with Crippen molar-refractivity contribution in [1.82, 2.24) is 9.97 Å². The van der Waals surface area contributed by atoms with E-state index < -0.39 is 10.8 Å². The van der Waals surface area contributed by atoms with Crippen molar-refractivity contribution in [3.8, 4) is 22.9 Å². The zero-order chi connectivity index (χ0) is 21.9. The molecule has 4 N–H and O–H groups in total. The molecular weight excluding hydrogens is 444 g/mol. The first-order valence-electron chi connectivity index (χ1n) is 10.7. The molecule has 0 saturated heterocycles. The van der Waals surface area contributed by atoms with E-state index in [1.807, 2.05) is 24.3 Å². The van der Waals surface area contributed by atoms with Crippen LogP contribution in [0, 0.1) is 0 Å². The largest absolute Gasteiger partial charge is 0.463 e. The number of aromatic nitrogens is 2. The number of nitrogens with zero attached hydrogens (tertiary/aromatic N) is 2. The number of ketones is 1. The average molecular weight is 467 g/mol. The molecule has 0 unspecified atom stereocenters. The Hall–Kier alpha value is -2.91. The van der Waals surface area contributed by atoms with Gasteiger partial charge in [0, 0.05) is 0 Å². The fourth-order valence-electron chi connectivity index (χ4n) is 5.12. The van der Waals surface area contributed by atoms with Gasteiger partial charge in [-0.1, -0.05) is 12.8 Å². The van der Waals surface area contributed by atoms with Crippen molar-refractivity contribution in [3.05, 3.63) is 46.5 Å². The van der Waals surface area contributed by atoms with E-state index in [2.05, 4.69) is 9.97 Å². The number of nitrogen functional groups attached to an aromatic ring is 2. The van der Waals surface area contributed by atoms with Crippen LogP contribution in [0.15, 0.2) is 45.6 Å². The quantitative estimate of drug-likeness (QED) is 0.390. The lowest BCUT2D eigenvalue weighted by Gasteiger charge is -2.50. The van der Waals surface area contributed by atoms with Crippen molar-refractivity contribution in [2.75, 3.05) is 11.5 Å². The van der Waals surface area contributed by atoms with Crippen LogP contribution in [0.5, 0.6) is 0 Å². The van der Waals surface area contributed by atoms with Crippen LogP contribution in [0.1, 0.15) is 48.3 Å². The summed E-state index contributed by atoms with van der Waals surface area (Å²) in [5, 5.41) is 0.901. The molecule has 0 aromatic carbocycles. The van der Waals surface area contributed by atoms with Crippen LogP contribution in [-0.2, 0) is 15.6 Å². The number of nitrogens with two attached hydrogens (primary N) is 2. The zero-order valence-corrected chi connectivity index (χ0v) is 18.9. The van der Waals surface area contributed by atoms with Crippen LogP contribution in [-0.4, -0.2) is 15.8 Å². The molecule has 6 rings (SSSR count). The van der Waals surface area contributed by atoms with Gasteiger partial charge in [0.05, 0.1) is 33.1 Å². The number of rotatable bonds is 6. The molecule has 4 aromatic rings. The van der Waals surface area contributed by atoms with Crippen LogP contribution >= 0.6 is 22.7 Å². The van der Waals surface area contributed by atoms with Gasteiger partial charge in [-0.2, -0.15) is 0 Å². The van der Waals surface area contributed by atoms with E-state index in [0.29, 0.717) is 33.2 Å². The van der Waals surface area contributed by atoms with Gasteiger partial charge in [-0.3, -0.25) is 4.79 Å². The highest BCUT2D eigenvalue weighted by atomic mass is 32.1. The minimum absolute atomic E-state index is 0.232. The number of thiazole rings is 2. The van der Waals surface area contributed by atoms with Gasteiger partial charge < -0.3 is 20.3 Å². The first kappa shape index (κ1) is 19.8. The Kier molecular flexibility index (Phi) is 4.35. The van der Waals surface area contributed by atoms with E-state index in [4.69, 9.17) is 20.3 Å². The maximum Gasteiger partial charge on any atom is 0.180 e. The topological polar surface area (TPSA) is 121 Å². The molecule has 0 bridgehead atoms. The van der Waals surface area contributed by atoms with E-state index in [-0.39, 0.29) is 5.78 Å². The van der Waals surface area contributed by atoms with Crippen molar-refractivity contribution in [2.45, 2.75) is 49.4 Å². The summed E-state index contributed by atoms with van der Waals surface area (Å²) in [6.45, 7) is 0. The summed E-state index contributed by atoms with van der Waals surface area (Å²) >= 11 is 2.81. The zero-order valence-electron chi connectivity index (χ0n) is 17.3. The molecule has 2 saturated carbocycles. The summed E-state index contributed by atoms with van der Waals surface area (Å²) in [6, 6.07) is 7.39. The third kappa shape index (κ3) is 2.67. The highest BCUT2D eigenvalue weighted by molar-refractivity contribution is 7.16. The fourth-order valence-corrected chi connectivity index (χ4v) is 7.28. The number of hydrogen-bond acceptors (Lipinski definition) is 9. The highest BCUT2D eigenvalue weighted by Crippen LogP contribution is 2.59. The molecule has 2 fully saturated rings. The van der Waals surface area contributed by atoms with Gasteiger partial charge in [0.2, 0.25) is 0 Å². The number of Topliss-reactive ketones (excluding diaryl/α,β-unsaturated/α-hetero) is 1. The third-order valence-corrected chi connectivity index (χ3v) is 9.13. The number of furan rings is 2. The van der Waals surface area contributed by atoms with Crippen LogP contribution in [0.25, 0.3) is 22.9 Å². The monoisotopic (exact) mass is 466 g/mol. The molecule has 9 heteroatoms. The normalized spacial score (nSPS) is 18.8. The van der Waals surface area contributed by atoms with Crippen molar-refractivity contribution >= 4 is 38.7 Å². The van der Waals surface area contributed by atoms with Crippen LogP contribution < -0.4 is 11.5 Å². The summed E-state index contributed by atoms with van der Waals surface area (Å²) < 4.78 is 11.3. The second-order valence-electron chi connectivity index (χ2n) is 8.61. The predicted octanol–water partition coefficient (Wildman–Crippen LogP) is 5.40. The smallest absolute Gasteiger partial charge is 0.180 e. The van der Waals surface area contributed by atoms with Crippen molar-refractivity contribution in [1.29, 1.82) is 0 Å². The Labute approximate surface area is 192 Å². The maximum absolute atomic E-state index is 14.5. The molecule has 4 heterocycles. The standard InChI is InChI=1S/C23H22N4O3S2/c24-20-26-15(13-5-1-11-29-13)17(31-20)22(7-3-8-22)19(28)23(9-4-10-23)18-16(27-21(25)32-18)14-6-2-12-30-14/h1-2,5-6,11-12H,3-4,7-10H2,(H2,24,26)(H2,25,27). The molecule has 0 spiro atoms. The van der Waals surface area contributed by atoms with E-state index >= 15 is 0 Å². The van der Waals surface area contributed by atoms with Crippen LogP contribution in [0.3, 0.4) is 0 Å². The Morgan fingerprint density at radius 3 is 1.56 bits per heavy atom. The summed E-state index contributed by atoms with van der Waals surface area (Å²) in [5.74, 6) is 1.52. The summed E-state index contributed by atoms with van der Waals surface area (Å²) in [5.41, 5.74) is 12.4. The van der Waals surface area contributed by atoms with Gasteiger partial charge >= 0.3 is 0 Å².